The Balaban J connectivity index is 2.32. The van der Waals surface area contributed by atoms with Crippen molar-refractivity contribution in [1.82, 2.24) is 0 Å². The summed E-state index contributed by atoms with van der Waals surface area (Å²) in [4.78, 5) is 12.5. The number of hydrogen-bond acceptors (Lipinski definition) is 3. The van der Waals surface area contributed by atoms with E-state index in [4.69, 9.17) is 9.84 Å². The monoisotopic (exact) mass is 307 g/mol. The largest absolute Gasteiger partial charge is 0.441 e. The highest BCUT2D eigenvalue weighted by atomic mass is 79.9. The van der Waals surface area contributed by atoms with E-state index < -0.39 is 23.8 Å². The first-order valence-corrected chi connectivity index (χ1v) is 5.55. The second kappa shape index (κ2) is 4.58. The lowest BCUT2D eigenvalue weighted by atomic mass is 10.2. The average Bonchev–Trinajstić information content (AvgIpc) is 2.67. The van der Waals surface area contributed by atoms with E-state index in [2.05, 4.69) is 15.9 Å². The summed E-state index contributed by atoms with van der Waals surface area (Å²) in [5.74, 6) is -1.61. The number of anilines is 1. The SMILES string of the molecule is O=C1O[C@@H](CO)CN1c1cc(F)c(Br)c(F)c1. The molecule has 1 aromatic rings. The molecular weight excluding hydrogens is 300 g/mol. The highest BCUT2D eigenvalue weighted by Gasteiger charge is 2.32. The summed E-state index contributed by atoms with van der Waals surface area (Å²) in [6.45, 7) is -0.264. The number of aliphatic hydroxyl groups is 1. The highest BCUT2D eigenvalue weighted by Crippen LogP contribution is 2.28. The molecule has 1 heterocycles. The van der Waals surface area contributed by atoms with Gasteiger partial charge in [0.25, 0.3) is 0 Å². The van der Waals surface area contributed by atoms with Gasteiger partial charge >= 0.3 is 6.09 Å². The van der Waals surface area contributed by atoms with Crippen LogP contribution in [0.15, 0.2) is 16.6 Å². The molecule has 1 aliphatic heterocycles. The van der Waals surface area contributed by atoms with Gasteiger partial charge in [-0.15, -0.1) is 0 Å². The number of carbonyl (C=O) groups is 1. The predicted molar refractivity (Wildman–Crippen MR) is 58.8 cm³/mol. The Kier molecular flexibility index (Phi) is 3.30. The molecule has 0 spiro atoms. The molecule has 0 aliphatic carbocycles. The number of cyclic esters (lactones) is 1. The van der Waals surface area contributed by atoms with Crippen LogP contribution in [0.25, 0.3) is 0 Å². The zero-order valence-electron chi connectivity index (χ0n) is 8.49. The standard InChI is InChI=1S/C10H8BrF2NO3/c11-9-7(12)1-5(2-8(9)13)14-3-6(4-15)17-10(14)16/h1-2,6,15H,3-4H2/t6-/m1/s1. The molecule has 0 unspecified atom stereocenters. The molecule has 0 saturated carbocycles. The van der Waals surface area contributed by atoms with Crippen molar-refractivity contribution in [2.24, 2.45) is 0 Å². The molecule has 17 heavy (non-hydrogen) atoms. The molecule has 0 radical (unpaired) electrons. The Morgan fingerprint density at radius 3 is 2.53 bits per heavy atom. The quantitative estimate of drug-likeness (QED) is 0.851. The van der Waals surface area contributed by atoms with E-state index >= 15 is 0 Å². The maximum atomic E-state index is 13.3. The van der Waals surface area contributed by atoms with Crippen molar-refractivity contribution in [3.8, 4) is 0 Å². The van der Waals surface area contributed by atoms with Gasteiger partial charge in [-0.05, 0) is 28.1 Å². The minimum Gasteiger partial charge on any atom is -0.441 e. The maximum absolute atomic E-state index is 13.3. The molecule has 1 N–H and O–H groups in total. The molecular formula is C10H8BrF2NO3. The Hall–Kier alpha value is -1.21. The molecule has 1 aliphatic rings. The smallest absolute Gasteiger partial charge is 0.414 e. The molecule has 92 valence electrons. The topological polar surface area (TPSA) is 49.8 Å². The van der Waals surface area contributed by atoms with E-state index in [0.717, 1.165) is 17.0 Å². The Bertz CT molecular complexity index is 446. The fourth-order valence-corrected chi connectivity index (χ4v) is 1.75. The molecule has 2 rings (SSSR count). The van der Waals surface area contributed by atoms with Gasteiger partial charge in [-0.3, -0.25) is 4.90 Å². The number of benzene rings is 1. The summed E-state index contributed by atoms with van der Waals surface area (Å²) in [7, 11) is 0. The van der Waals surface area contributed by atoms with Crippen molar-refractivity contribution in [2.45, 2.75) is 6.10 Å². The summed E-state index contributed by atoms with van der Waals surface area (Å²) in [5, 5.41) is 8.84. The normalized spacial score (nSPS) is 19.6. The first-order valence-electron chi connectivity index (χ1n) is 4.76. The van der Waals surface area contributed by atoms with E-state index in [1.54, 1.807) is 0 Å². The van der Waals surface area contributed by atoms with Gasteiger partial charge in [0.2, 0.25) is 0 Å². The second-order valence-corrected chi connectivity index (χ2v) is 4.32. The first-order chi connectivity index (χ1) is 8.02. The second-order valence-electron chi connectivity index (χ2n) is 3.52. The Morgan fingerprint density at radius 2 is 2.06 bits per heavy atom. The fraction of sp³-hybridized carbons (Fsp3) is 0.300. The van der Waals surface area contributed by atoms with Crippen molar-refractivity contribution in [3.05, 3.63) is 28.2 Å². The van der Waals surface area contributed by atoms with E-state index in [1.807, 2.05) is 0 Å². The molecule has 1 atom stereocenters. The highest BCUT2D eigenvalue weighted by molar-refractivity contribution is 9.10. The summed E-state index contributed by atoms with van der Waals surface area (Å²) < 4.78 is 31.1. The third-order valence-electron chi connectivity index (χ3n) is 2.36. The van der Waals surface area contributed by atoms with Crippen LogP contribution in [0, 0.1) is 11.6 Å². The van der Waals surface area contributed by atoms with E-state index in [-0.39, 0.29) is 23.3 Å². The van der Waals surface area contributed by atoms with Gasteiger partial charge in [-0.2, -0.15) is 0 Å². The molecule has 7 heteroatoms. The van der Waals surface area contributed by atoms with Gasteiger partial charge in [0.15, 0.2) is 0 Å². The number of rotatable bonds is 2. The predicted octanol–water partition coefficient (Wildman–Crippen LogP) is 2.04. The molecule has 1 fully saturated rings. The van der Waals surface area contributed by atoms with Gasteiger partial charge in [0, 0.05) is 0 Å². The van der Waals surface area contributed by atoms with Crippen molar-refractivity contribution in [1.29, 1.82) is 0 Å². The lowest BCUT2D eigenvalue weighted by Gasteiger charge is -2.13. The Labute approximate surface area is 104 Å². The summed E-state index contributed by atoms with van der Waals surface area (Å²) in [6.07, 6.45) is -1.40. The summed E-state index contributed by atoms with van der Waals surface area (Å²) >= 11 is 2.74. The summed E-state index contributed by atoms with van der Waals surface area (Å²) in [6, 6.07) is 2.04. The van der Waals surface area contributed by atoms with Crippen LogP contribution < -0.4 is 4.90 Å². The number of halogens is 3. The van der Waals surface area contributed by atoms with Crippen molar-refractivity contribution in [3.63, 3.8) is 0 Å². The van der Waals surface area contributed by atoms with Gasteiger partial charge in [-0.1, -0.05) is 0 Å². The van der Waals surface area contributed by atoms with E-state index in [0.29, 0.717) is 0 Å². The minimum absolute atomic E-state index is 0.0594. The van der Waals surface area contributed by atoms with Crippen molar-refractivity contribution >= 4 is 27.7 Å². The van der Waals surface area contributed by atoms with Crippen LogP contribution in [-0.2, 0) is 4.74 Å². The number of carbonyl (C=O) groups excluding carboxylic acids is 1. The van der Waals surface area contributed by atoms with Crippen LogP contribution in [0.4, 0.5) is 19.3 Å². The molecule has 0 aromatic heterocycles. The van der Waals surface area contributed by atoms with Gasteiger partial charge in [0.05, 0.1) is 23.3 Å². The maximum Gasteiger partial charge on any atom is 0.414 e. The minimum atomic E-state index is -0.805. The van der Waals surface area contributed by atoms with E-state index in [9.17, 15) is 13.6 Å². The van der Waals surface area contributed by atoms with E-state index in [1.165, 1.54) is 0 Å². The van der Waals surface area contributed by atoms with Crippen LogP contribution in [0.3, 0.4) is 0 Å². The molecule has 0 bridgehead atoms. The van der Waals surface area contributed by atoms with Gasteiger partial charge in [-0.25, -0.2) is 13.6 Å². The first kappa shape index (κ1) is 12.3. The molecule has 1 amide bonds. The number of amides is 1. The third kappa shape index (κ3) is 2.25. The van der Waals surface area contributed by atoms with Crippen LogP contribution >= 0.6 is 15.9 Å². The van der Waals surface area contributed by atoms with Crippen LogP contribution in [-0.4, -0.2) is 30.5 Å². The molecule has 1 aromatic carbocycles. The van der Waals surface area contributed by atoms with Crippen molar-refractivity contribution < 1.29 is 23.4 Å². The number of hydrogen-bond donors (Lipinski definition) is 1. The fourth-order valence-electron chi connectivity index (χ4n) is 1.53. The lowest BCUT2D eigenvalue weighted by Crippen LogP contribution is -2.25. The van der Waals surface area contributed by atoms with Crippen LogP contribution in [0.1, 0.15) is 0 Å². The average molecular weight is 308 g/mol. The van der Waals surface area contributed by atoms with Gasteiger partial charge < -0.3 is 9.84 Å². The molecule has 4 nitrogen and oxygen atoms in total. The van der Waals surface area contributed by atoms with Crippen molar-refractivity contribution in [2.75, 3.05) is 18.1 Å². The van der Waals surface area contributed by atoms with Crippen LogP contribution in [0.5, 0.6) is 0 Å². The van der Waals surface area contributed by atoms with Gasteiger partial charge in [0.1, 0.15) is 17.7 Å². The lowest BCUT2D eigenvalue weighted by molar-refractivity contribution is 0.0963. The summed E-state index contributed by atoms with van der Waals surface area (Å²) in [5.41, 5.74) is 0.0594. The number of aliphatic hydroxyl groups excluding tert-OH is 1. The zero-order valence-corrected chi connectivity index (χ0v) is 10.1. The third-order valence-corrected chi connectivity index (χ3v) is 3.12. The number of ether oxygens (including phenoxy) is 1. The number of nitrogens with zero attached hydrogens (tertiary/aromatic N) is 1. The van der Waals surface area contributed by atoms with Crippen LogP contribution in [0.2, 0.25) is 0 Å². The Morgan fingerprint density at radius 1 is 1.47 bits per heavy atom. The zero-order chi connectivity index (χ0) is 12.6. The molecule has 1 saturated heterocycles.